The first-order valence-electron chi connectivity index (χ1n) is 11.0. The van der Waals surface area contributed by atoms with E-state index in [4.69, 9.17) is 11.6 Å². The highest BCUT2D eigenvalue weighted by Gasteiger charge is 2.30. The monoisotopic (exact) mass is 614 g/mol. The van der Waals surface area contributed by atoms with Crippen LogP contribution in [0.5, 0.6) is 0 Å². The van der Waals surface area contributed by atoms with Gasteiger partial charge in [0.1, 0.15) is 27.3 Å². The summed E-state index contributed by atoms with van der Waals surface area (Å²) in [5, 5.41) is 20.9. The molecule has 0 aliphatic rings. The fourth-order valence-electron chi connectivity index (χ4n) is 3.25. The van der Waals surface area contributed by atoms with E-state index in [-0.39, 0.29) is 27.3 Å². The van der Waals surface area contributed by atoms with E-state index in [0.29, 0.717) is 20.0 Å². The molecule has 204 valence electrons. The summed E-state index contributed by atoms with van der Waals surface area (Å²) in [5.41, 5.74) is -0.669. The van der Waals surface area contributed by atoms with Crippen molar-refractivity contribution in [2.45, 2.75) is 45.4 Å². The largest absolute Gasteiger partial charge is 0.481 e. The molecule has 1 atom stereocenters. The number of hydrogen-bond donors (Lipinski definition) is 2. The third kappa shape index (κ3) is 6.90. The first-order valence-corrected chi connectivity index (χ1v) is 13.9. The number of carbonyl (C=O) groups is 2. The van der Waals surface area contributed by atoms with Gasteiger partial charge in [0.2, 0.25) is 0 Å². The molecule has 3 aromatic heterocycles. The normalized spacial score (nSPS) is 12.4. The van der Waals surface area contributed by atoms with Crippen LogP contribution in [0.25, 0.3) is 0 Å². The maximum atomic E-state index is 13.4. The summed E-state index contributed by atoms with van der Waals surface area (Å²) in [6, 6.07) is 7.81. The highest BCUT2D eigenvalue weighted by atomic mass is 35.5. The molecule has 2 N–H and O–H groups in total. The number of pyridine rings is 1. The summed E-state index contributed by atoms with van der Waals surface area (Å²) in [7, 11) is 1.75. The maximum absolute atomic E-state index is 13.4. The van der Waals surface area contributed by atoms with E-state index in [1.54, 1.807) is 30.7 Å². The van der Waals surface area contributed by atoms with Gasteiger partial charge in [0.25, 0.3) is 5.91 Å². The lowest BCUT2D eigenvalue weighted by molar-refractivity contribution is -0.139. The quantitative estimate of drug-likeness (QED) is 0.218. The molecule has 0 spiro atoms. The lowest BCUT2D eigenvalue weighted by Gasteiger charge is -2.11. The number of benzene rings is 1. The Morgan fingerprint density at radius 3 is 2.46 bits per heavy atom. The zero-order valence-corrected chi connectivity index (χ0v) is 23.3. The molecule has 0 saturated heterocycles. The number of thiazole rings is 1. The van der Waals surface area contributed by atoms with E-state index in [1.807, 2.05) is 0 Å². The molecular weight excluding hydrogens is 597 g/mol. The molecule has 0 aliphatic carbocycles. The molecule has 1 aromatic carbocycles. The minimum absolute atomic E-state index is 0.0229. The van der Waals surface area contributed by atoms with Crippen LogP contribution in [0.15, 0.2) is 62.7 Å². The Bertz CT molecular complexity index is 1510. The Morgan fingerprint density at radius 2 is 1.87 bits per heavy atom. The average molecular weight is 615 g/mol. The Kier molecular flexibility index (Phi) is 8.83. The smallest absolute Gasteiger partial charge is 0.416 e. The number of halogens is 4. The molecule has 1 unspecified atom stereocenters. The molecule has 16 heteroatoms. The molecule has 4 rings (SSSR count). The van der Waals surface area contributed by atoms with Crippen LogP contribution in [0.2, 0.25) is 4.34 Å². The van der Waals surface area contributed by atoms with Gasteiger partial charge in [0, 0.05) is 16.8 Å². The van der Waals surface area contributed by atoms with Gasteiger partial charge in [-0.25, -0.2) is 9.97 Å². The lowest BCUT2D eigenvalue weighted by atomic mass is 10.0. The highest BCUT2D eigenvalue weighted by molar-refractivity contribution is 7.99. The Morgan fingerprint density at radius 1 is 1.15 bits per heavy atom. The van der Waals surface area contributed by atoms with E-state index < -0.39 is 29.5 Å². The number of rotatable bonds is 9. The van der Waals surface area contributed by atoms with Gasteiger partial charge in [0.05, 0.1) is 11.3 Å². The number of aromatic nitrogens is 5. The highest BCUT2D eigenvalue weighted by Crippen LogP contribution is 2.37. The molecule has 0 aliphatic heterocycles. The molecule has 0 bridgehead atoms. The summed E-state index contributed by atoms with van der Waals surface area (Å²) in [5.74, 6) is -2.69. The van der Waals surface area contributed by atoms with E-state index in [2.05, 4.69) is 25.5 Å². The minimum atomic E-state index is -4.47. The zero-order chi connectivity index (χ0) is 28.3. The number of nitrogens with one attached hydrogen (secondary N) is 1. The van der Waals surface area contributed by atoms with Gasteiger partial charge in [-0.15, -0.1) is 10.2 Å². The summed E-state index contributed by atoms with van der Waals surface area (Å²) in [6.07, 6.45) is -2.71. The fourth-order valence-corrected chi connectivity index (χ4v) is 6.03. The Labute approximate surface area is 237 Å². The van der Waals surface area contributed by atoms with Gasteiger partial charge in [-0.3, -0.25) is 14.9 Å². The van der Waals surface area contributed by atoms with Crippen LogP contribution in [0.4, 0.5) is 18.3 Å². The second kappa shape index (κ2) is 11.9. The minimum Gasteiger partial charge on any atom is -0.481 e. The van der Waals surface area contributed by atoms with Crippen LogP contribution >= 0.6 is 46.5 Å². The van der Waals surface area contributed by atoms with Gasteiger partial charge in [-0.1, -0.05) is 41.6 Å². The van der Waals surface area contributed by atoms with Crippen molar-refractivity contribution in [3.63, 3.8) is 0 Å². The molecule has 0 saturated carbocycles. The van der Waals surface area contributed by atoms with Crippen molar-refractivity contribution in [1.29, 1.82) is 0 Å². The number of aryl methyl sites for hydroxylation is 1. The van der Waals surface area contributed by atoms with Crippen LogP contribution in [0.3, 0.4) is 0 Å². The molecule has 9 nitrogen and oxygen atoms in total. The third-order valence-corrected chi connectivity index (χ3v) is 8.44. The molecule has 39 heavy (non-hydrogen) atoms. The number of nitrogens with zero attached hydrogens (tertiary/aromatic N) is 5. The van der Waals surface area contributed by atoms with E-state index in [0.717, 1.165) is 47.0 Å². The van der Waals surface area contributed by atoms with E-state index in [1.165, 1.54) is 18.5 Å². The van der Waals surface area contributed by atoms with Crippen LogP contribution in [-0.4, -0.2) is 41.7 Å². The number of carboxylic acids is 1. The van der Waals surface area contributed by atoms with Gasteiger partial charge < -0.3 is 9.67 Å². The van der Waals surface area contributed by atoms with Crippen molar-refractivity contribution in [1.82, 2.24) is 24.7 Å². The van der Waals surface area contributed by atoms with Gasteiger partial charge in [-0.2, -0.15) is 13.2 Å². The van der Waals surface area contributed by atoms with Gasteiger partial charge in [-0.05, 0) is 54.6 Å². The number of carboxylic acid groups (broad SMARTS) is 1. The Hall–Kier alpha value is -3.14. The average Bonchev–Trinajstić information content (AvgIpc) is 3.44. The summed E-state index contributed by atoms with van der Waals surface area (Å²) in [6.45, 7) is 1.68. The van der Waals surface area contributed by atoms with Gasteiger partial charge >= 0.3 is 12.1 Å². The first kappa shape index (κ1) is 28.9. The van der Waals surface area contributed by atoms with Crippen molar-refractivity contribution < 1.29 is 27.9 Å². The number of aliphatic carboxylic acids is 1. The molecule has 4 aromatic rings. The van der Waals surface area contributed by atoms with Crippen molar-refractivity contribution in [2.75, 3.05) is 5.32 Å². The summed E-state index contributed by atoms with van der Waals surface area (Å²) >= 11 is 9.35. The number of anilines is 1. The molecule has 3 heterocycles. The molecule has 0 radical (unpaired) electrons. The van der Waals surface area contributed by atoms with Crippen LogP contribution in [-0.2, 0) is 18.0 Å². The van der Waals surface area contributed by atoms with Crippen molar-refractivity contribution >= 4 is 63.5 Å². The second-order valence-corrected chi connectivity index (χ2v) is 11.6. The van der Waals surface area contributed by atoms with E-state index >= 15 is 0 Å². The Balaban J connectivity index is 1.65. The molecule has 0 fully saturated rings. The van der Waals surface area contributed by atoms with Crippen LogP contribution in [0, 0.1) is 0 Å². The zero-order valence-electron chi connectivity index (χ0n) is 20.1. The van der Waals surface area contributed by atoms with Crippen molar-refractivity contribution in [2.24, 2.45) is 7.05 Å². The number of carbonyl (C=O) groups excluding carboxylic acids is 1. The van der Waals surface area contributed by atoms with Gasteiger partial charge in [0.15, 0.2) is 10.3 Å². The lowest BCUT2D eigenvalue weighted by Crippen LogP contribution is -2.16. The maximum Gasteiger partial charge on any atom is 0.416 e. The number of amides is 1. The van der Waals surface area contributed by atoms with Crippen molar-refractivity contribution in [3.05, 3.63) is 64.0 Å². The standard InChI is InChI=1S/C23H18ClF3N6O3S3/c1-3-13(20(35)36)16-18(24)39-21(30-16)31-19(34)17-14(37-12-6-4-11(5-7-12)23(25,26)27)8-9-15(29-17)38-22-32-28-10-33(22)2/h4-10,13H,3H2,1-2H3,(H,35,36)(H,30,31,34). The fraction of sp³-hybridized carbons (Fsp3) is 0.217. The van der Waals surface area contributed by atoms with E-state index in [9.17, 15) is 27.9 Å². The topological polar surface area (TPSA) is 123 Å². The van der Waals surface area contributed by atoms with Crippen molar-refractivity contribution in [3.8, 4) is 0 Å². The predicted octanol–water partition coefficient (Wildman–Crippen LogP) is 6.47. The second-order valence-electron chi connectivity index (χ2n) is 7.88. The number of hydrogen-bond acceptors (Lipinski definition) is 9. The summed E-state index contributed by atoms with van der Waals surface area (Å²) < 4.78 is 40.7. The number of alkyl halides is 3. The summed E-state index contributed by atoms with van der Waals surface area (Å²) in [4.78, 5) is 34.4. The third-order valence-electron chi connectivity index (χ3n) is 5.19. The van der Waals surface area contributed by atoms with Crippen LogP contribution < -0.4 is 5.32 Å². The van der Waals surface area contributed by atoms with Crippen LogP contribution in [0.1, 0.15) is 41.0 Å². The molecule has 1 amide bonds. The SMILES string of the molecule is CCC(C(=O)O)c1nc(NC(=O)c2nc(Sc3nncn3C)ccc2Sc2ccc(C(F)(F)F)cc2)sc1Cl. The first-order chi connectivity index (χ1) is 18.5. The molecular formula is C23H18ClF3N6O3S3. The predicted molar refractivity (Wildman–Crippen MR) is 141 cm³/mol.